The maximum absolute atomic E-state index is 6.56. The molecule has 1 saturated carbocycles. The molecule has 16 aromatic rings. The van der Waals surface area contributed by atoms with Gasteiger partial charge in [-0.3, -0.25) is 39.9 Å². The van der Waals surface area contributed by atoms with Gasteiger partial charge in [0.15, 0.2) is 0 Å². The minimum atomic E-state index is -1.57. The molecule has 19 rings (SSSR count). The Hall–Kier alpha value is -11.5. The van der Waals surface area contributed by atoms with Gasteiger partial charge in [0.25, 0.3) is 0 Å². The Morgan fingerprint density at radius 3 is 0.726 bits per heavy atom. The third-order valence-electron chi connectivity index (χ3n) is 35.4. The molecule has 3 aliphatic carbocycles. The molecular weight excluding hydrogens is 1770 g/mol. The monoisotopic (exact) mass is 1930 g/mol. The highest BCUT2D eigenvalue weighted by atomic mass is 14.9. The molecular formula is C138H164N8. The normalized spacial score (nSPS) is 20.6. The topological polar surface area (TPSA) is 103 Å². The lowest BCUT2D eigenvalue weighted by atomic mass is 9.28. The van der Waals surface area contributed by atoms with E-state index in [9.17, 15) is 0 Å². The van der Waals surface area contributed by atoms with E-state index < -0.39 is 94.1 Å². The van der Waals surface area contributed by atoms with E-state index in [4.69, 9.17) is 39.9 Å². The first kappa shape index (κ1) is 103. The molecule has 1 fully saturated rings. The van der Waals surface area contributed by atoms with Crippen LogP contribution in [-0.4, -0.2) is 39.9 Å². The van der Waals surface area contributed by atoms with Crippen molar-refractivity contribution in [1.82, 2.24) is 39.9 Å². The van der Waals surface area contributed by atoms with Crippen LogP contribution >= 0.6 is 0 Å². The Balaban J connectivity index is 1.38. The Bertz CT molecular complexity index is 8400. The molecule has 756 valence electrons. The van der Waals surface area contributed by atoms with Crippen LogP contribution in [0.15, 0.2) is 168 Å². The second kappa shape index (κ2) is 33.5. The fraction of sp³-hybridized carbons (Fsp3) is 0.449. The van der Waals surface area contributed by atoms with Gasteiger partial charge in [-0.1, -0.05) is 309 Å². The number of nitrogens with zero attached hydrogens (tertiary/aromatic N) is 8. The molecule has 8 heterocycles. The fourth-order valence-corrected chi connectivity index (χ4v) is 27.5. The van der Waals surface area contributed by atoms with E-state index in [2.05, 4.69) is 463 Å². The number of fused-ring (bicyclic) bond motifs is 10. The molecule has 0 N–H and O–H groups in total. The van der Waals surface area contributed by atoms with E-state index >= 15 is 0 Å². The molecule has 8 heteroatoms. The number of allylic oxidation sites excluding steroid dienone is 4. The molecule has 8 nitrogen and oxygen atoms in total. The summed E-state index contributed by atoms with van der Waals surface area (Å²) in [6, 6.07) is 61.0. The van der Waals surface area contributed by atoms with Gasteiger partial charge in [0, 0.05) is 177 Å². The lowest BCUT2D eigenvalue weighted by Gasteiger charge is -2.73. The van der Waals surface area contributed by atoms with Crippen LogP contribution in [0.4, 0.5) is 0 Å². The maximum atomic E-state index is 6.56. The van der Waals surface area contributed by atoms with Crippen molar-refractivity contribution in [1.29, 1.82) is 0 Å². The third kappa shape index (κ3) is 15.2. The summed E-state index contributed by atoms with van der Waals surface area (Å²) in [6.07, 6.45) is 2.96. The summed E-state index contributed by atoms with van der Waals surface area (Å²) in [5, 5.41) is 9.40. The first-order chi connectivity index (χ1) is 67.5. The summed E-state index contributed by atoms with van der Waals surface area (Å²) >= 11 is 0. The van der Waals surface area contributed by atoms with Crippen molar-refractivity contribution >= 4 is 87.2 Å². The number of aromatic nitrogens is 8. The lowest BCUT2D eigenvalue weighted by molar-refractivity contribution is 0.0103. The van der Waals surface area contributed by atoms with Gasteiger partial charge in [-0.2, -0.15) is 0 Å². The highest BCUT2D eigenvalue weighted by Gasteiger charge is 2.85. The zero-order valence-corrected chi connectivity index (χ0v) is 97.3. The number of hydrogen-bond acceptors (Lipinski definition) is 8. The molecule has 0 saturated heterocycles. The van der Waals surface area contributed by atoms with Crippen LogP contribution in [-0.2, 0) is 65.0 Å². The summed E-state index contributed by atoms with van der Waals surface area (Å²) in [5.74, 6) is -2.83. The molecule has 0 radical (unpaired) electrons. The molecule has 3 aliphatic rings. The SMILES string of the molecule is Cc1ccc(C)c2c(C3C(C(C)(C)C)=CC4=C3C3(c5cc(C(C)(C)C)nc6c(C)ccc(C)c56)C(c5cc(C(C)(C)C)nc6c(C)ccc(C)c56)C(C)(c5cc(C(C)(C)C)nc6c(C)ccc(C)c56)C(c5cc(C(C)(C)C)nc6c(C)ccc(C)c56)C(c5cc(C(C)(C)C)nc6c(C)ccc(C)c56)C3(c3cc(C(C)(C)C)nc5c(C)ccc(C)c35)C4(C)c3cc(C(C)(C)C)nc4c(C)ccc(C)c34)cc(C(C)(C)C)nc12. The molecule has 0 spiro atoms. The zero-order chi connectivity index (χ0) is 107. The fourth-order valence-electron chi connectivity index (χ4n) is 27.5. The van der Waals surface area contributed by atoms with Crippen LogP contribution in [0.3, 0.4) is 0 Å². The van der Waals surface area contributed by atoms with Crippen LogP contribution in [0.25, 0.3) is 87.2 Å². The average molecular weight is 1930 g/mol. The van der Waals surface area contributed by atoms with Gasteiger partial charge >= 0.3 is 0 Å². The molecule has 8 aromatic carbocycles. The smallest absolute Gasteiger partial charge is 0.0740 e. The quantitative estimate of drug-likeness (QED) is 0.148. The van der Waals surface area contributed by atoms with E-state index in [1.165, 1.54) is 138 Å². The summed E-state index contributed by atoms with van der Waals surface area (Å²) in [5.41, 5.74) is 38.1. The molecule has 8 atom stereocenters. The first-order valence-electron chi connectivity index (χ1n) is 54.3. The van der Waals surface area contributed by atoms with Gasteiger partial charge in [0.2, 0.25) is 0 Å². The van der Waals surface area contributed by atoms with Gasteiger partial charge in [0.1, 0.15) is 0 Å². The molecule has 0 aliphatic heterocycles. The average Bonchev–Trinajstić information content (AvgIpc) is 1.41. The van der Waals surface area contributed by atoms with Crippen LogP contribution in [0, 0.1) is 116 Å². The summed E-state index contributed by atoms with van der Waals surface area (Å²) in [6.45, 7) is 111. The number of rotatable bonds is 8. The van der Waals surface area contributed by atoms with E-state index in [1.807, 2.05) is 0 Å². The standard InChI is InChI=1S/C138H164N8/c1-71-46-54-79(9)117-105(71)87(62-97(139-117)127(20,21)22)113-91(126(17,18)19)66-96-116(113)137(94-69-103(133(38,39)40)145-123-85(15)60-52-77(7)111(94)123)125(90-65-100(130(29,30)31)142-120-82(12)57-49-74(4)108(90)120)135(44,92-67-101(131(32,33)34)143-121-83(13)58-50-75(5)109(92)121)114(88-63-98(128(23,24)25)140-118-80(10)55-47-72(2)106(88)118)115(89-64-99(129(26,27)28)141-119-81(11)56-48-73(3)107(89)119)138(137,95-70-104(134(41,42)43)146-124-86(16)61-53-78(8)112(95)124)136(96,45)93-68-102(132(35,36)37)144-122-84(14)59-51-76(6)110(93)122/h46-70,113-115,125H,1-45H3. The van der Waals surface area contributed by atoms with Gasteiger partial charge < -0.3 is 0 Å². The summed E-state index contributed by atoms with van der Waals surface area (Å²) in [7, 11) is 0. The van der Waals surface area contributed by atoms with E-state index in [0.717, 1.165) is 145 Å². The van der Waals surface area contributed by atoms with Crippen molar-refractivity contribution in [3.8, 4) is 0 Å². The number of aryl methyl sites for hydroxylation is 16. The van der Waals surface area contributed by atoms with E-state index in [0.29, 0.717) is 0 Å². The van der Waals surface area contributed by atoms with Crippen molar-refractivity contribution < 1.29 is 0 Å². The maximum Gasteiger partial charge on any atom is 0.0740 e. The molecule has 8 unspecified atom stereocenters. The third-order valence-corrected chi connectivity index (χ3v) is 35.4. The number of pyridine rings is 8. The van der Waals surface area contributed by atoms with Crippen LogP contribution < -0.4 is 0 Å². The largest absolute Gasteiger partial charge is 0.252 e. The van der Waals surface area contributed by atoms with Crippen LogP contribution in [0.5, 0.6) is 0 Å². The summed E-state index contributed by atoms with van der Waals surface area (Å²) < 4.78 is 0. The van der Waals surface area contributed by atoms with Crippen molar-refractivity contribution in [3.63, 3.8) is 0 Å². The highest BCUT2D eigenvalue weighted by Crippen LogP contribution is 2.88. The van der Waals surface area contributed by atoms with Crippen molar-refractivity contribution in [3.05, 3.63) is 347 Å². The number of hydrogen-bond donors (Lipinski definition) is 0. The second-order valence-electron chi connectivity index (χ2n) is 55.5. The molecule has 146 heavy (non-hydrogen) atoms. The minimum Gasteiger partial charge on any atom is -0.252 e. The van der Waals surface area contributed by atoms with Crippen molar-refractivity contribution in [2.24, 2.45) is 5.41 Å². The van der Waals surface area contributed by atoms with Gasteiger partial charge in [-0.05, 0) is 309 Å². The molecule has 8 aromatic heterocycles. The predicted molar refractivity (Wildman–Crippen MR) is 623 cm³/mol. The van der Waals surface area contributed by atoms with Crippen LogP contribution in [0.1, 0.15) is 404 Å². The first-order valence-corrected chi connectivity index (χ1v) is 54.3. The molecule has 0 bridgehead atoms. The van der Waals surface area contributed by atoms with E-state index in [1.54, 1.807) is 0 Å². The summed E-state index contributed by atoms with van der Waals surface area (Å²) in [4.78, 5) is 51.3. The predicted octanol–water partition coefficient (Wildman–Crippen LogP) is 35.9. The van der Waals surface area contributed by atoms with Crippen molar-refractivity contribution in [2.75, 3.05) is 0 Å². The van der Waals surface area contributed by atoms with Gasteiger partial charge in [-0.25, -0.2) is 0 Å². The Morgan fingerprint density at radius 1 is 0.212 bits per heavy atom. The lowest BCUT2D eigenvalue weighted by Crippen LogP contribution is -2.71. The zero-order valence-electron chi connectivity index (χ0n) is 97.3. The highest BCUT2D eigenvalue weighted by molar-refractivity contribution is 6.04. The van der Waals surface area contributed by atoms with E-state index in [-0.39, 0.29) is 0 Å². The van der Waals surface area contributed by atoms with Crippen molar-refractivity contribution in [2.45, 2.75) is 400 Å². The molecule has 0 amide bonds. The Morgan fingerprint density at radius 2 is 0.425 bits per heavy atom. The number of benzene rings is 8. The minimum absolute atomic E-state index is 0.464. The van der Waals surface area contributed by atoms with Gasteiger partial charge in [0.05, 0.1) is 44.1 Å². The Kier molecular flexibility index (Phi) is 23.7. The Labute approximate surface area is 874 Å². The second-order valence-corrected chi connectivity index (χ2v) is 55.5. The van der Waals surface area contributed by atoms with Gasteiger partial charge in [-0.15, -0.1) is 0 Å². The van der Waals surface area contributed by atoms with Crippen LogP contribution in [0.2, 0.25) is 0 Å².